The van der Waals surface area contributed by atoms with Crippen molar-refractivity contribution in [2.75, 3.05) is 6.54 Å². The average Bonchev–Trinajstić information content (AvgIpc) is 2.43. The van der Waals surface area contributed by atoms with E-state index in [4.69, 9.17) is 10.5 Å². The minimum atomic E-state index is 0.394. The van der Waals surface area contributed by atoms with Crippen LogP contribution in [-0.2, 0) is 6.42 Å². The van der Waals surface area contributed by atoms with E-state index in [1.54, 1.807) is 0 Å². The third-order valence-electron chi connectivity index (χ3n) is 4.05. The zero-order valence-electron chi connectivity index (χ0n) is 11.7. The van der Waals surface area contributed by atoms with Gasteiger partial charge in [-0.25, -0.2) is 0 Å². The first-order valence-electron chi connectivity index (χ1n) is 7.38. The van der Waals surface area contributed by atoms with Gasteiger partial charge in [0.1, 0.15) is 5.75 Å². The van der Waals surface area contributed by atoms with Crippen LogP contribution in [0.4, 0.5) is 0 Å². The summed E-state index contributed by atoms with van der Waals surface area (Å²) >= 11 is 3.57. The van der Waals surface area contributed by atoms with Crippen molar-refractivity contribution in [1.82, 2.24) is 0 Å². The largest absolute Gasteiger partial charge is 0.490 e. The SMILES string of the molecule is CCC1CCCC(Oc2ccc(Br)c(CCN)c2)C1. The van der Waals surface area contributed by atoms with E-state index < -0.39 is 0 Å². The summed E-state index contributed by atoms with van der Waals surface area (Å²) in [6.45, 7) is 2.95. The van der Waals surface area contributed by atoms with Crippen molar-refractivity contribution in [3.05, 3.63) is 28.2 Å². The molecule has 2 unspecified atom stereocenters. The van der Waals surface area contributed by atoms with E-state index in [0.29, 0.717) is 12.6 Å². The number of ether oxygens (including phenoxy) is 1. The van der Waals surface area contributed by atoms with E-state index in [1.807, 2.05) is 0 Å². The highest BCUT2D eigenvalue weighted by molar-refractivity contribution is 9.10. The highest BCUT2D eigenvalue weighted by atomic mass is 79.9. The summed E-state index contributed by atoms with van der Waals surface area (Å²) < 4.78 is 7.29. The lowest BCUT2D eigenvalue weighted by atomic mass is 9.85. The Morgan fingerprint density at radius 1 is 1.37 bits per heavy atom. The topological polar surface area (TPSA) is 35.2 Å². The maximum Gasteiger partial charge on any atom is 0.120 e. The maximum absolute atomic E-state index is 6.17. The summed E-state index contributed by atoms with van der Waals surface area (Å²) in [5.74, 6) is 1.84. The fraction of sp³-hybridized carbons (Fsp3) is 0.625. The minimum Gasteiger partial charge on any atom is -0.490 e. The quantitative estimate of drug-likeness (QED) is 0.876. The molecule has 0 saturated heterocycles. The van der Waals surface area contributed by atoms with Gasteiger partial charge in [0.15, 0.2) is 0 Å². The molecule has 0 heterocycles. The van der Waals surface area contributed by atoms with E-state index in [1.165, 1.54) is 37.7 Å². The first-order chi connectivity index (χ1) is 9.22. The Balaban J connectivity index is 2.00. The Kier molecular flexibility index (Phi) is 5.71. The summed E-state index contributed by atoms with van der Waals surface area (Å²) in [7, 11) is 0. The van der Waals surface area contributed by atoms with Gasteiger partial charge < -0.3 is 10.5 Å². The van der Waals surface area contributed by atoms with E-state index in [-0.39, 0.29) is 0 Å². The van der Waals surface area contributed by atoms with Gasteiger partial charge in [-0.05, 0) is 61.9 Å². The second-order valence-electron chi connectivity index (χ2n) is 5.47. The first kappa shape index (κ1) is 14.9. The fourth-order valence-corrected chi connectivity index (χ4v) is 3.33. The van der Waals surface area contributed by atoms with Gasteiger partial charge in [0, 0.05) is 4.47 Å². The second kappa shape index (κ2) is 7.30. The van der Waals surface area contributed by atoms with Gasteiger partial charge in [-0.15, -0.1) is 0 Å². The highest BCUT2D eigenvalue weighted by Gasteiger charge is 2.22. The summed E-state index contributed by atoms with van der Waals surface area (Å²) in [5, 5.41) is 0. The van der Waals surface area contributed by atoms with Crippen LogP contribution in [0.1, 0.15) is 44.6 Å². The van der Waals surface area contributed by atoms with Crippen LogP contribution in [0.5, 0.6) is 5.75 Å². The van der Waals surface area contributed by atoms with Gasteiger partial charge in [-0.1, -0.05) is 35.7 Å². The molecule has 1 aliphatic carbocycles. The predicted molar refractivity (Wildman–Crippen MR) is 83.6 cm³/mol. The Labute approximate surface area is 124 Å². The van der Waals surface area contributed by atoms with Crippen LogP contribution in [0.15, 0.2) is 22.7 Å². The van der Waals surface area contributed by atoms with Crippen LogP contribution >= 0.6 is 15.9 Å². The Morgan fingerprint density at radius 3 is 2.95 bits per heavy atom. The normalized spacial score (nSPS) is 23.3. The Morgan fingerprint density at radius 2 is 2.21 bits per heavy atom. The molecule has 3 heteroatoms. The molecule has 0 radical (unpaired) electrons. The van der Waals surface area contributed by atoms with Gasteiger partial charge in [0.2, 0.25) is 0 Å². The molecule has 106 valence electrons. The van der Waals surface area contributed by atoms with Gasteiger partial charge in [-0.3, -0.25) is 0 Å². The molecule has 1 aliphatic rings. The van der Waals surface area contributed by atoms with Crippen molar-refractivity contribution in [3.63, 3.8) is 0 Å². The Bertz CT molecular complexity index is 408. The van der Waals surface area contributed by atoms with Crippen LogP contribution in [-0.4, -0.2) is 12.6 Å². The molecule has 1 aromatic rings. The molecule has 2 atom stereocenters. The zero-order chi connectivity index (χ0) is 13.7. The minimum absolute atomic E-state index is 0.394. The molecule has 0 bridgehead atoms. The van der Waals surface area contributed by atoms with Crippen LogP contribution in [0.2, 0.25) is 0 Å². The van der Waals surface area contributed by atoms with Crippen molar-refractivity contribution in [3.8, 4) is 5.75 Å². The number of hydrogen-bond acceptors (Lipinski definition) is 2. The molecule has 2 rings (SSSR count). The molecule has 0 aliphatic heterocycles. The van der Waals surface area contributed by atoms with Crippen molar-refractivity contribution >= 4 is 15.9 Å². The van der Waals surface area contributed by atoms with Crippen molar-refractivity contribution in [1.29, 1.82) is 0 Å². The number of rotatable bonds is 5. The molecular weight excluding hydrogens is 302 g/mol. The zero-order valence-corrected chi connectivity index (χ0v) is 13.3. The molecule has 19 heavy (non-hydrogen) atoms. The van der Waals surface area contributed by atoms with Crippen molar-refractivity contribution in [2.45, 2.75) is 51.6 Å². The monoisotopic (exact) mass is 325 g/mol. The standard InChI is InChI=1S/C16H24BrNO/c1-2-12-4-3-5-14(10-12)19-15-6-7-16(17)13(11-15)8-9-18/h6-7,11-12,14H,2-5,8-10,18H2,1H3. The number of nitrogens with two attached hydrogens (primary N) is 1. The molecule has 0 spiro atoms. The van der Waals surface area contributed by atoms with Crippen LogP contribution < -0.4 is 10.5 Å². The molecule has 0 aromatic heterocycles. The summed E-state index contributed by atoms with van der Waals surface area (Å²) in [6, 6.07) is 6.26. The lowest BCUT2D eigenvalue weighted by Crippen LogP contribution is -2.25. The number of hydrogen-bond donors (Lipinski definition) is 1. The van der Waals surface area contributed by atoms with Crippen LogP contribution in [0.25, 0.3) is 0 Å². The molecule has 2 N–H and O–H groups in total. The predicted octanol–water partition coefficient (Wildman–Crippen LogP) is 4.30. The van der Waals surface area contributed by atoms with E-state index in [0.717, 1.165) is 22.6 Å². The van der Waals surface area contributed by atoms with Crippen LogP contribution in [0, 0.1) is 5.92 Å². The lowest BCUT2D eigenvalue weighted by molar-refractivity contribution is 0.122. The summed E-state index contributed by atoms with van der Waals surface area (Å²) in [6.07, 6.45) is 7.63. The smallest absolute Gasteiger partial charge is 0.120 e. The first-order valence-corrected chi connectivity index (χ1v) is 8.17. The van der Waals surface area contributed by atoms with E-state index in [2.05, 4.69) is 41.1 Å². The third-order valence-corrected chi connectivity index (χ3v) is 4.82. The fourth-order valence-electron chi connectivity index (χ4n) is 2.88. The van der Waals surface area contributed by atoms with Gasteiger partial charge in [-0.2, -0.15) is 0 Å². The molecule has 0 amide bonds. The maximum atomic E-state index is 6.17. The van der Waals surface area contributed by atoms with E-state index >= 15 is 0 Å². The molecule has 2 nitrogen and oxygen atoms in total. The van der Waals surface area contributed by atoms with Crippen LogP contribution in [0.3, 0.4) is 0 Å². The third kappa shape index (κ3) is 4.22. The lowest BCUT2D eigenvalue weighted by Gasteiger charge is -2.29. The van der Waals surface area contributed by atoms with Crippen molar-refractivity contribution in [2.24, 2.45) is 11.7 Å². The van der Waals surface area contributed by atoms with Gasteiger partial charge >= 0.3 is 0 Å². The number of halogens is 1. The highest BCUT2D eigenvalue weighted by Crippen LogP contribution is 2.31. The molecular formula is C16H24BrNO. The number of benzene rings is 1. The van der Waals surface area contributed by atoms with E-state index in [9.17, 15) is 0 Å². The molecule has 1 fully saturated rings. The summed E-state index contributed by atoms with van der Waals surface area (Å²) in [5.41, 5.74) is 6.88. The van der Waals surface area contributed by atoms with Crippen molar-refractivity contribution < 1.29 is 4.74 Å². The molecule has 1 saturated carbocycles. The van der Waals surface area contributed by atoms with Gasteiger partial charge in [0.05, 0.1) is 6.10 Å². The Hall–Kier alpha value is -0.540. The second-order valence-corrected chi connectivity index (χ2v) is 6.33. The molecule has 1 aromatic carbocycles. The summed E-state index contributed by atoms with van der Waals surface area (Å²) in [4.78, 5) is 0. The van der Waals surface area contributed by atoms with Gasteiger partial charge in [0.25, 0.3) is 0 Å². The average molecular weight is 326 g/mol.